The smallest absolute Gasteiger partial charge is 0.407 e. The van der Waals surface area contributed by atoms with Crippen LogP contribution in [0.5, 0.6) is 0 Å². The second-order valence-electron chi connectivity index (χ2n) is 4.81. The van der Waals surface area contributed by atoms with Gasteiger partial charge in [-0.1, -0.05) is 6.07 Å². The summed E-state index contributed by atoms with van der Waals surface area (Å²) in [5.74, 6) is 0.915. The number of ether oxygens (including phenoxy) is 1. The molecular weight excluding hydrogens is 244 g/mol. The molecule has 3 N–H and O–H groups in total. The van der Waals surface area contributed by atoms with E-state index >= 15 is 0 Å². The Labute approximate surface area is 112 Å². The summed E-state index contributed by atoms with van der Waals surface area (Å²) in [4.78, 5) is 17.7. The maximum atomic E-state index is 11.1. The number of anilines is 1. The third kappa shape index (κ3) is 3.35. The number of hydrogen-bond donors (Lipinski definition) is 2. The summed E-state index contributed by atoms with van der Waals surface area (Å²) in [6, 6.07) is 4.07. The van der Waals surface area contributed by atoms with Crippen LogP contribution >= 0.6 is 0 Å². The molecule has 1 amide bonds. The fourth-order valence-corrected chi connectivity index (χ4v) is 2.17. The van der Waals surface area contributed by atoms with Crippen molar-refractivity contribution >= 4 is 11.9 Å². The lowest BCUT2D eigenvalue weighted by atomic mass is 10.1. The van der Waals surface area contributed by atoms with Crippen LogP contribution in [0.4, 0.5) is 10.6 Å². The summed E-state index contributed by atoms with van der Waals surface area (Å²) < 4.78 is 4.60. The highest BCUT2D eigenvalue weighted by Crippen LogP contribution is 2.19. The second kappa shape index (κ2) is 5.88. The van der Waals surface area contributed by atoms with E-state index in [0.29, 0.717) is 0 Å². The third-order valence-corrected chi connectivity index (χ3v) is 3.32. The first-order valence-electron chi connectivity index (χ1n) is 6.41. The fourth-order valence-electron chi connectivity index (χ4n) is 2.17. The van der Waals surface area contributed by atoms with Crippen LogP contribution in [0.2, 0.25) is 0 Å². The van der Waals surface area contributed by atoms with Crippen LogP contribution in [0.15, 0.2) is 18.3 Å². The second-order valence-corrected chi connectivity index (χ2v) is 4.81. The number of hydrogen-bond acceptors (Lipinski definition) is 5. The van der Waals surface area contributed by atoms with Gasteiger partial charge in [-0.25, -0.2) is 9.78 Å². The highest BCUT2D eigenvalue weighted by Gasteiger charge is 2.24. The number of nitrogens with zero attached hydrogens (tertiary/aromatic N) is 2. The Balaban J connectivity index is 1.95. The normalized spacial score (nSPS) is 20.2. The molecule has 1 fully saturated rings. The number of pyridine rings is 1. The summed E-state index contributed by atoms with van der Waals surface area (Å²) in [7, 11) is 1.37. The van der Waals surface area contributed by atoms with E-state index in [-0.39, 0.29) is 18.2 Å². The molecule has 0 aromatic carbocycles. The molecule has 2 heterocycles. The minimum absolute atomic E-state index is 0.00568. The van der Waals surface area contributed by atoms with E-state index in [2.05, 4.69) is 19.9 Å². The number of alkyl carbamates (subject to hydrolysis) is 1. The van der Waals surface area contributed by atoms with Gasteiger partial charge in [0.1, 0.15) is 5.82 Å². The molecule has 19 heavy (non-hydrogen) atoms. The summed E-state index contributed by atoms with van der Waals surface area (Å²) >= 11 is 0. The number of rotatable bonds is 3. The lowest BCUT2D eigenvalue weighted by Crippen LogP contribution is -2.37. The molecule has 0 saturated carbocycles. The minimum Gasteiger partial charge on any atom is -0.453 e. The fraction of sp³-hybridized carbons (Fsp3) is 0.538. The molecule has 1 aromatic heterocycles. The Bertz CT molecular complexity index is 433. The molecule has 0 aliphatic carbocycles. The average molecular weight is 264 g/mol. The standard InChI is InChI=1S/C13H20N4O2/c1-9(14)10-3-4-12(15-7-10)17-6-5-11(8-17)16-13(18)19-2/h3-4,7,9,11H,5-6,8,14H2,1-2H3,(H,16,18)/t9-,11?/m0/s1. The van der Waals surface area contributed by atoms with Gasteiger partial charge in [0.25, 0.3) is 0 Å². The molecule has 6 nitrogen and oxygen atoms in total. The molecule has 1 unspecified atom stereocenters. The Hall–Kier alpha value is -1.82. The van der Waals surface area contributed by atoms with Gasteiger partial charge in [0, 0.05) is 25.3 Å². The van der Waals surface area contributed by atoms with Crippen molar-refractivity contribution < 1.29 is 9.53 Å². The number of nitrogens with two attached hydrogens (primary N) is 1. The number of aromatic nitrogens is 1. The van der Waals surface area contributed by atoms with Crippen LogP contribution in [0, 0.1) is 0 Å². The van der Waals surface area contributed by atoms with E-state index in [9.17, 15) is 4.79 Å². The van der Waals surface area contributed by atoms with E-state index in [1.165, 1.54) is 7.11 Å². The molecule has 104 valence electrons. The van der Waals surface area contributed by atoms with Gasteiger partial charge in [0.05, 0.1) is 13.2 Å². The Morgan fingerprint density at radius 1 is 1.63 bits per heavy atom. The molecule has 2 atom stereocenters. The predicted octanol–water partition coefficient (Wildman–Crippen LogP) is 1.04. The molecular formula is C13H20N4O2. The molecule has 1 aromatic rings. The maximum Gasteiger partial charge on any atom is 0.407 e. The number of carbonyl (C=O) groups excluding carboxylic acids is 1. The topological polar surface area (TPSA) is 80.5 Å². The number of methoxy groups -OCH3 is 1. The predicted molar refractivity (Wildman–Crippen MR) is 73.0 cm³/mol. The summed E-state index contributed by atoms with van der Waals surface area (Å²) in [5.41, 5.74) is 6.81. The minimum atomic E-state index is -0.382. The van der Waals surface area contributed by atoms with E-state index in [4.69, 9.17) is 5.73 Å². The molecule has 1 saturated heterocycles. The number of nitrogens with one attached hydrogen (secondary N) is 1. The molecule has 0 spiro atoms. The largest absolute Gasteiger partial charge is 0.453 e. The lowest BCUT2D eigenvalue weighted by Gasteiger charge is -2.18. The van der Waals surface area contributed by atoms with Gasteiger partial charge in [-0.3, -0.25) is 0 Å². The Morgan fingerprint density at radius 2 is 2.42 bits per heavy atom. The van der Waals surface area contributed by atoms with Gasteiger partial charge < -0.3 is 20.7 Å². The quantitative estimate of drug-likeness (QED) is 0.852. The average Bonchev–Trinajstić information content (AvgIpc) is 2.87. The van der Waals surface area contributed by atoms with Crippen LogP contribution in [0.25, 0.3) is 0 Å². The van der Waals surface area contributed by atoms with E-state index in [1.807, 2.05) is 19.1 Å². The Kier molecular flexibility index (Phi) is 4.21. The summed E-state index contributed by atoms with van der Waals surface area (Å²) in [5, 5.41) is 2.81. The Morgan fingerprint density at radius 3 is 3.00 bits per heavy atom. The van der Waals surface area contributed by atoms with E-state index in [0.717, 1.165) is 30.9 Å². The molecule has 1 aliphatic heterocycles. The van der Waals surface area contributed by atoms with Crippen molar-refractivity contribution in [3.8, 4) is 0 Å². The van der Waals surface area contributed by atoms with Crippen molar-refractivity contribution in [2.75, 3.05) is 25.1 Å². The number of carbonyl (C=O) groups is 1. The maximum absolute atomic E-state index is 11.1. The van der Waals surface area contributed by atoms with Gasteiger partial charge in [-0.2, -0.15) is 0 Å². The zero-order chi connectivity index (χ0) is 13.8. The monoisotopic (exact) mass is 264 g/mol. The van der Waals surface area contributed by atoms with Crippen LogP contribution in [-0.2, 0) is 4.74 Å². The van der Waals surface area contributed by atoms with Crippen molar-refractivity contribution in [3.05, 3.63) is 23.9 Å². The lowest BCUT2D eigenvalue weighted by molar-refractivity contribution is 0.167. The van der Waals surface area contributed by atoms with Crippen LogP contribution < -0.4 is 16.0 Å². The van der Waals surface area contributed by atoms with Crippen LogP contribution in [0.3, 0.4) is 0 Å². The zero-order valence-corrected chi connectivity index (χ0v) is 11.3. The van der Waals surface area contributed by atoms with Crippen molar-refractivity contribution in [2.45, 2.75) is 25.4 Å². The summed E-state index contributed by atoms with van der Waals surface area (Å²) in [6.07, 6.45) is 2.32. The molecule has 6 heteroatoms. The molecule has 0 bridgehead atoms. The van der Waals surface area contributed by atoms with Gasteiger partial charge >= 0.3 is 6.09 Å². The van der Waals surface area contributed by atoms with E-state index < -0.39 is 0 Å². The first kappa shape index (κ1) is 13.6. The van der Waals surface area contributed by atoms with Crippen molar-refractivity contribution in [3.63, 3.8) is 0 Å². The van der Waals surface area contributed by atoms with Gasteiger partial charge in [-0.05, 0) is 25.0 Å². The first-order chi connectivity index (χ1) is 9.10. The third-order valence-electron chi connectivity index (χ3n) is 3.32. The number of amides is 1. The molecule has 2 rings (SSSR count). The van der Waals surface area contributed by atoms with Gasteiger partial charge in [-0.15, -0.1) is 0 Å². The highest BCUT2D eigenvalue weighted by atomic mass is 16.5. The first-order valence-corrected chi connectivity index (χ1v) is 6.41. The summed E-state index contributed by atoms with van der Waals surface area (Å²) in [6.45, 7) is 3.56. The molecule has 0 radical (unpaired) electrons. The zero-order valence-electron chi connectivity index (χ0n) is 11.3. The van der Waals surface area contributed by atoms with Crippen molar-refractivity contribution in [1.82, 2.24) is 10.3 Å². The van der Waals surface area contributed by atoms with Gasteiger partial charge in [0.2, 0.25) is 0 Å². The van der Waals surface area contributed by atoms with E-state index in [1.54, 1.807) is 6.20 Å². The van der Waals surface area contributed by atoms with Gasteiger partial charge in [0.15, 0.2) is 0 Å². The SMILES string of the molecule is COC(=O)NC1CCN(c2ccc([C@H](C)N)cn2)C1. The van der Waals surface area contributed by atoms with Crippen LogP contribution in [0.1, 0.15) is 24.9 Å². The van der Waals surface area contributed by atoms with Crippen molar-refractivity contribution in [1.29, 1.82) is 0 Å². The van der Waals surface area contributed by atoms with Crippen molar-refractivity contribution in [2.24, 2.45) is 5.73 Å². The van der Waals surface area contributed by atoms with Crippen LogP contribution in [-0.4, -0.2) is 37.3 Å². The highest BCUT2D eigenvalue weighted by molar-refractivity contribution is 5.67. The molecule has 1 aliphatic rings.